The van der Waals surface area contributed by atoms with E-state index in [1.54, 1.807) is 18.4 Å². The summed E-state index contributed by atoms with van der Waals surface area (Å²) >= 11 is 0. The van der Waals surface area contributed by atoms with Crippen molar-refractivity contribution in [2.45, 2.75) is 24.7 Å². The van der Waals surface area contributed by atoms with Gasteiger partial charge in [0.25, 0.3) is 0 Å². The Morgan fingerprint density at radius 3 is 2.43 bits per heavy atom. The van der Waals surface area contributed by atoms with Crippen LogP contribution in [0.1, 0.15) is 35.6 Å². The van der Waals surface area contributed by atoms with Crippen molar-refractivity contribution in [3.8, 4) is 11.5 Å². The van der Waals surface area contributed by atoms with Crippen LogP contribution >= 0.6 is 0 Å². The zero-order chi connectivity index (χ0) is 25.1. The number of rotatable bonds is 7. The standard InChI is InChI=1S/C28H26FNO4S/c1-17-23(13-18-3-7-21(8-4-18)35(2)34)22-9-6-20(29)15-25(22)24(17)16-28(33)30-12-11-19-5-10-26(31)27(32)14-19/h3-10,13-15,31-32H,11-12,16H2,1-2H3,(H,30,33)/b23-13+. The van der Waals surface area contributed by atoms with Crippen LogP contribution in [-0.2, 0) is 22.0 Å². The Bertz CT molecular complexity index is 1380. The predicted octanol–water partition coefficient (Wildman–Crippen LogP) is 5.05. The summed E-state index contributed by atoms with van der Waals surface area (Å²) in [6.07, 6.45) is 4.23. The molecule has 0 aliphatic heterocycles. The molecule has 0 fully saturated rings. The maximum absolute atomic E-state index is 14.1. The van der Waals surface area contributed by atoms with Gasteiger partial charge < -0.3 is 15.5 Å². The zero-order valence-electron chi connectivity index (χ0n) is 19.5. The molecule has 4 rings (SSSR count). The molecule has 0 aromatic heterocycles. The van der Waals surface area contributed by atoms with Gasteiger partial charge in [0.1, 0.15) is 5.82 Å². The van der Waals surface area contributed by atoms with Crippen molar-refractivity contribution in [1.29, 1.82) is 0 Å². The largest absolute Gasteiger partial charge is 0.504 e. The molecule has 0 saturated carbocycles. The molecule has 1 aliphatic carbocycles. The van der Waals surface area contributed by atoms with E-state index in [1.165, 1.54) is 24.3 Å². The zero-order valence-corrected chi connectivity index (χ0v) is 20.3. The summed E-state index contributed by atoms with van der Waals surface area (Å²) in [5.74, 6) is -0.935. The lowest BCUT2D eigenvalue weighted by Crippen LogP contribution is -2.25. The molecule has 0 spiro atoms. The molecular weight excluding hydrogens is 465 g/mol. The number of fused-ring (bicyclic) bond motifs is 1. The number of aromatic hydroxyl groups is 2. The summed E-state index contributed by atoms with van der Waals surface area (Å²) < 4.78 is 25.8. The number of phenolic OH excluding ortho intramolecular Hbond substituents is 2. The first-order valence-corrected chi connectivity index (χ1v) is 12.7. The Hall–Kier alpha value is -3.71. The highest BCUT2D eigenvalue weighted by atomic mass is 32.2. The molecule has 0 heterocycles. The maximum Gasteiger partial charge on any atom is 0.224 e. The smallest absolute Gasteiger partial charge is 0.224 e. The number of hydrogen-bond donors (Lipinski definition) is 3. The van der Waals surface area contributed by atoms with E-state index < -0.39 is 10.8 Å². The van der Waals surface area contributed by atoms with Crippen molar-refractivity contribution >= 4 is 33.9 Å². The third kappa shape index (κ3) is 5.52. The van der Waals surface area contributed by atoms with Crippen LogP contribution in [0.2, 0.25) is 0 Å². The van der Waals surface area contributed by atoms with Gasteiger partial charge in [-0.05, 0) is 94.8 Å². The molecule has 3 aromatic rings. The molecule has 5 nitrogen and oxygen atoms in total. The molecule has 0 saturated heterocycles. The quantitative estimate of drug-likeness (QED) is 0.404. The molecule has 35 heavy (non-hydrogen) atoms. The van der Waals surface area contributed by atoms with E-state index in [1.807, 2.05) is 37.3 Å². The van der Waals surface area contributed by atoms with Gasteiger partial charge in [0.15, 0.2) is 11.5 Å². The second-order valence-corrected chi connectivity index (χ2v) is 9.85. The highest BCUT2D eigenvalue weighted by Gasteiger charge is 2.25. The van der Waals surface area contributed by atoms with Crippen molar-refractivity contribution in [2.75, 3.05) is 12.8 Å². The number of amides is 1. The van der Waals surface area contributed by atoms with E-state index in [4.69, 9.17) is 0 Å². The summed E-state index contributed by atoms with van der Waals surface area (Å²) in [4.78, 5) is 13.5. The Balaban J connectivity index is 1.53. The highest BCUT2D eigenvalue weighted by Crippen LogP contribution is 2.43. The maximum atomic E-state index is 14.1. The average Bonchev–Trinajstić information content (AvgIpc) is 3.07. The highest BCUT2D eigenvalue weighted by molar-refractivity contribution is 7.84. The number of carbonyl (C=O) groups excluding carboxylic acids is 1. The Labute approximate surface area is 206 Å². The second kappa shape index (κ2) is 10.3. The topological polar surface area (TPSA) is 86.6 Å². The normalized spacial score (nSPS) is 14.8. The Morgan fingerprint density at radius 2 is 1.74 bits per heavy atom. The van der Waals surface area contributed by atoms with Gasteiger partial charge in [0, 0.05) is 28.5 Å². The molecular formula is C28H26FNO4S. The molecule has 1 atom stereocenters. The average molecular weight is 492 g/mol. The van der Waals surface area contributed by atoms with E-state index in [0.717, 1.165) is 38.3 Å². The van der Waals surface area contributed by atoms with Gasteiger partial charge in [0.2, 0.25) is 5.91 Å². The predicted molar refractivity (Wildman–Crippen MR) is 137 cm³/mol. The number of allylic oxidation sites excluding steroid dienone is 2. The van der Waals surface area contributed by atoms with Crippen LogP contribution < -0.4 is 5.32 Å². The van der Waals surface area contributed by atoms with Gasteiger partial charge in [-0.2, -0.15) is 0 Å². The Kier molecular flexibility index (Phi) is 7.17. The SMILES string of the molecule is CC1=C(CC(=O)NCCc2ccc(O)c(O)c2)c2cc(F)ccc2/C1=C/c1ccc(S(C)=O)cc1. The van der Waals surface area contributed by atoms with Gasteiger partial charge in [-0.3, -0.25) is 9.00 Å². The van der Waals surface area contributed by atoms with Gasteiger partial charge in [-0.25, -0.2) is 4.39 Å². The van der Waals surface area contributed by atoms with E-state index in [9.17, 15) is 23.6 Å². The van der Waals surface area contributed by atoms with Gasteiger partial charge >= 0.3 is 0 Å². The fourth-order valence-electron chi connectivity index (χ4n) is 4.20. The number of halogens is 1. The molecule has 1 unspecified atom stereocenters. The van der Waals surface area contributed by atoms with Gasteiger partial charge in [-0.1, -0.05) is 24.3 Å². The van der Waals surface area contributed by atoms with Crippen molar-refractivity contribution in [1.82, 2.24) is 5.32 Å². The molecule has 7 heteroatoms. The van der Waals surface area contributed by atoms with Crippen molar-refractivity contribution in [2.24, 2.45) is 0 Å². The first-order chi connectivity index (χ1) is 16.7. The van der Waals surface area contributed by atoms with Crippen molar-refractivity contribution in [3.63, 3.8) is 0 Å². The number of phenols is 2. The van der Waals surface area contributed by atoms with Crippen LogP contribution in [0.5, 0.6) is 11.5 Å². The van der Waals surface area contributed by atoms with Crippen molar-refractivity contribution in [3.05, 3.63) is 94.3 Å². The van der Waals surface area contributed by atoms with E-state index in [-0.39, 0.29) is 29.6 Å². The van der Waals surface area contributed by atoms with Crippen LogP contribution in [0.4, 0.5) is 4.39 Å². The first-order valence-electron chi connectivity index (χ1n) is 11.2. The number of carbonyl (C=O) groups is 1. The molecule has 0 bridgehead atoms. The lowest BCUT2D eigenvalue weighted by atomic mass is 10.0. The Morgan fingerprint density at radius 1 is 1.00 bits per heavy atom. The molecule has 3 aromatic carbocycles. The van der Waals surface area contributed by atoms with Gasteiger partial charge in [0.05, 0.1) is 6.42 Å². The van der Waals surface area contributed by atoms with Gasteiger partial charge in [-0.15, -0.1) is 0 Å². The molecule has 180 valence electrons. The van der Waals surface area contributed by atoms with Crippen molar-refractivity contribution < 1.29 is 23.6 Å². The third-order valence-electron chi connectivity index (χ3n) is 6.09. The molecule has 1 amide bonds. The summed E-state index contributed by atoms with van der Waals surface area (Å²) in [6.45, 7) is 2.29. The summed E-state index contributed by atoms with van der Waals surface area (Å²) in [5, 5.41) is 21.9. The summed E-state index contributed by atoms with van der Waals surface area (Å²) in [5.41, 5.74) is 5.89. The third-order valence-corrected chi connectivity index (χ3v) is 7.03. The van der Waals surface area contributed by atoms with Crippen LogP contribution in [0, 0.1) is 5.82 Å². The van der Waals surface area contributed by atoms with Crippen LogP contribution in [0.15, 0.2) is 71.1 Å². The molecule has 1 aliphatic rings. The van der Waals surface area contributed by atoms with E-state index >= 15 is 0 Å². The minimum absolute atomic E-state index is 0.105. The number of benzene rings is 3. The van der Waals surface area contributed by atoms with Crippen LogP contribution in [0.25, 0.3) is 17.2 Å². The molecule has 0 radical (unpaired) electrons. The summed E-state index contributed by atoms with van der Waals surface area (Å²) in [7, 11) is -1.06. The van der Waals surface area contributed by atoms with E-state index in [0.29, 0.717) is 18.5 Å². The minimum Gasteiger partial charge on any atom is -0.504 e. The fourth-order valence-corrected chi connectivity index (χ4v) is 4.72. The fraction of sp³-hybridized carbons (Fsp3) is 0.179. The van der Waals surface area contributed by atoms with E-state index in [2.05, 4.69) is 5.32 Å². The number of nitrogens with one attached hydrogen (secondary N) is 1. The second-order valence-electron chi connectivity index (χ2n) is 8.47. The monoisotopic (exact) mass is 491 g/mol. The first kappa shape index (κ1) is 24.4. The lowest BCUT2D eigenvalue weighted by Gasteiger charge is -2.09. The minimum atomic E-state index is -1.06. The van der Waals surface area contributed by atoms with Crippen LogP contribution in [0.3, 0.4) is 0 Å². The summed E-state index contributed by atoms with van der Waals surface area (Å²) in [6, 6.07) is 16.6. The molecule has 3 N–H and O–H groups in total. The number of hydrogen-bond acceptors (Lipinski definition) is 4. The van der Waals surface area contributed by atoms with Crippen LogP contribution in [-0.4, -0.2) is 33.1 Å². The lowest BCUT2D eigenvalue weighted by molar-refractivity contribution is -0.120.